The second-order valence-electron chi connectivity index (χ2n) is 5.07. The number of benzene rings is 1. The van der Waals surface area contributed by atoms with Crippen molar-refractivity contribution in [3.05, 3.63) is 34.3 Å². The van der Waals surface area contributed by atoms with Crippen LogP contribution in [0.1, 0.15) is 44.1 Å². The zero-order chi connectivity index (χ0) is 15.5. The van der Waals surface area contributed by atoms with Crippen molar-refractivity contribution in [1.29, 1.82) is 0 Å². The minimum atomic E-state index is -0.727. The molecule has 0 aromatic heterocycles. The number of carboxylic acid groups (broad SMARTS) is 1. The van der Waals surface area contributed by atoms with Gasteiger partial charge in [0, 0.05) is 17.4 Å². The Morgan fingerprint density at radius 2 is 1.81 bits per heavy atom. The fraction of sp³-hybridized carbons (Fsp3) is 0.500. The second-order valence-corrected chi connectivity index (χ2v) is 5.98. The molecule has 0 spiro atoms. The Morgan fingerprint density at radius 3 is 2.52 bits per heavy atom. The summed E-state index contributed by atoms with van der Waals surface area (Å²) in [6, 6.07) is 7.74. The molecular weight excluding hydrogens is 334 g/mol. The highest BCUT2D eigenvalue weighted by Gasteiger charge is 2.03. The lowest BCUT2D eigenvalue weighted by Gasteiger charge is -2.05. The predicted octanol–water partition coefficient (Wildman–Crippen LogP) is 3.53. The molecule has 1 rings (SSSR count). The number of carbonyl (C=O) groups is 2. The first kappa shape index (κ1) is 17.7. The average molecular weight is 356 g/mol. The van der Waals surface area contributed by atoms with Crippen LogP contribution in [-0.2, 0) is 16.0 Å². The lowest BCUT2D eigenvalue weighted by molar-refractivity contribution is -0.137. The third-order valence-electron chi connectivity index (χ3n) is 3.14. The van der Waals surface area contributed by atoms with Crippen molar-refractivity contribution in [2.45, 2.75) is 44.9 Å². The molecule has 1 aromatic rings. The number of hydrogen-bond acceptors (Lipinski definition) is 2. The Labute approximate surface area is 134 Å². The number of nitrogens with one attached hydrogen (secondary N) is 1. The predicted molar refractivity (Wildman–Crippen MR) is 86.2 cm³/mol. The van der Waals surface area contributed by atoms with E-state index in [4.69, 9.17) is 5.11 Å². The Kier molecular flexibility index (Phi) is 8.74. The number of amides is 1. The van der Waals surface area contributed by atoms with E-state index in [0.717, 1.165) is 42.1 Å². The summed E-state index contributed by atoms with van der Waals surface area (Å²) in [4.78, 5) is 22.1. The van der Waals surface area contributed by atoms with Gasteiger partial charge in [-0.15, -0.1) is 0 Å². The number of unbranched alkanes of at least 4 members (excludes halogenated alkanes) is 4. The third kappa shape index (κ3) is 9.24. The van der Waals surface area contributed by atoms with Crippen molar-refractivity contribution in [3.63, 3.8) is 0 Å². The van der Waals surface area contributed by atoms with E-state index >= 15 is 0 Å². The van der Waals surface area contributed by atoms with Gasteiger partial charge in [0.05, 0.1) is 6.42 Å². The standard InChI is InChI=1S/C16H22BrNO3/c17-14-8-6-7-13(11-14)12-15(19)18-10-5-3-1-2-4-9-16(20)21/h6-8,11H,1-5,9-10,12H2,(H,18,19)(H,20,21). The van der Waals surface area contributed by atoms with Crippen LogP contribution in [0.2, 0.25) is 0 Å². The third-order valence-corrected chi connectivity index (χ3v) is 3.64. The largest absolute Gasteiger partial charge is 0.481 e. The summed E-state index contributed by atoms with van der Waals surface area (Å²) in [6.07, 6.45) is 5.33. The molecule has 0 bridgehead atoms. The SMILES string of the molecule is O=C(O)CCCCCCCNC(=O)Cc1cccc(Br)c1. The van der Waals surface area contributed by atoms with Crippen LogP contribution in [0.4, 0.5) is 0 Å². The minimum Gasteiger partial charge on any atom is -0.481 e. The molecule has 4 nitrogen and oxygen atoms in total. The topological polar surface area (TPSA) is 66.4 Å². The highest BCUT2D eigenvalue weighted by atomic mass is 79.9. The summed E-state index contributed by atoms with van der Waals surface area (Å²) in [7, 11) is 0. The van der Waals surface area contributed by atoms with Crippen molar-refractivity contribution in [2.24, 2.45) is 0 Å². The molecule has 0 saturated heterocycles. The van der Waals surface area contributed by atoms with Crippen LogP contribution in [0.3, 0.4) is 0 Å². The molecule has 0 saturated carbocycles. The Morgan fingerprint density at radius 1 is 1.10 bits per heavy atom. The molecule has 21 heavy (non-hydrogen) atoms. The van der Waals surface area contributed by atoms with E-state index < -0.39 is 5.97 Å². The van der Waals surface area contributed by atoms with Gasteiger partial charge >= 0.3 is 5.97 Å². The smallest absolute Gasteiger partial charge is 0.303 e. The molecular formula is C16H22BrNO3. The molecule has 0 unspecified atom stereocenters. The van der Waals surface area contributed by atoms with Crippen LogP contribution in [0.25, 0.3) is 0 Å². The minimum absolute atomic E-state index is 0.0407. The van der Waals surface area contributed by atoms with Crippen LogP contribution < -0.4 is 5.32 Å². The number of hydrogen-bond donors (Lipinski definition) is 2. The number of aliphatic carboxylic acids is 1. The van der Waals surface area contributed by atoms with Crippen molar-refractivity contribution in [1.82, 2.24) is 5.32 Å². The Bertz CT molecular complexity index is 463. The van der Waals surface area contributed by atoms with E-state index in [0.29, 0.717) is 13.0 Å². The molecule has 0 atom stereocenters. The molecule has 0 aliphatic heterocycles. The van der Waals surface area contributed by atoms with Crippen LogP contribution >= 0.6 is 15.9 Å². The zero-order valence-corrected chi connectivity index (χ0v) is 13.7. The van der Waals surface area contributed by atoms with Gasteiger partial charge in [-0.1, -0.05) is 47.3 Å². The first-order chi connectivity index (χ1) is 10.1. The van der Waals surface area contributed by atoms with Gasteiger partial charge in [-0.2, -0.15) is 0 Å². The quantitative estimate of drug-likeness (QED) is 0.631. The maximum Gasteiger partial charge on any atom is 0.303 e. The molecule has 5 heteroatoms. The van der Waals surface area contributed by atoms with Crippen LogP contribution in [0.15, 0.2) is 28.7 Å². The van der Waals surface area contributed by atoms with Crippen LogP contribution in [0, 0.1) is 0 Å². The van der Waals surface area contributed by atoms with Crippen LogP contribution in [-0.4, -0.2) is 23.5 Å². The van der Waals surface area contributed by atoms with E-state index in [9.17, 15) is 9.59 Å². The van der Waals surface area contributed by atoms with E-state index in [1.54, 1.807) is 0 Å². The van der Waals surface area contributed by atoms with Crippen molar-refractivity contribution in [2.75, 3.05) is 6.54 Å². The normalized spacial score (nSPS) is 10.3. The van der Waals surface area contributed by atoms with E-state index in [-0.39, 0.29) is 12.3 Å². The maximum absolute atomic E-state index is 11.7. The summed E-state index contributed by atoms with van der Waals surface area (Å²) < 4.78 is 0.981. The van der Waals surface area contributed by atoms with Crippen molar-refractivity contribution >= 4 is 27.8 Å². The molecule has 0 radical (unpaired) electrons. The lowest BCUT2D eigenvalue weighted by atomic mass is 10.1. The van der Waals surface area contributed by atoms with Gasteiger partial charge in [0.1, 0.15) is 0 Å². The Hall–Kier alpha value is -1.36. The van der Waals surface area contributed by atoms with E-state index in [2.05, 4.69) is 21.2 Å². The van der Waals surface area contributed by atoms with E-state index in [1.807, 2.05) is 24.3 Å². The first-order valence-corrected chi connectivity index (χ1v) is 8.10. The van der Waals surface area contributed by atoms with Gasteiger partial charge in [-0.3, -0.25) is 9.59 Å². The van der Waals surface area contributed by atoms with E-state index in [1.165, 1.54) is 0 Å². The van der Waals surface area contributed by atoms with Crippen molar-refractivity contribution < 1.29 is 14.7 Å². The maximum atomic E-state index is 11.7. The first-order valence-electron chi connectivity index (χ1n) is 7.31. The van der Waals surface area contributed by atoms with Gasteiger partial charge in [-0.25, -0.2) is 0 Å². The van der Waals surface area contributed by atoms with Crippen LogP contribution in [0.5, 0.6) is 0 Å². The summed E-state index contributed by atoms with van der Waals surface area (Å²) in [6.45, 7) is 0.686. The van der Waals surface area contributed by atoms with Gasteiger partial charge in [0.15, 0.2) is 0 Å². The highest BCUT2D eigenvalue weighted by molar-refractivity contribution is 9.10. The fourth-order valence-corrected chi connectivity index (χ4v) is 2.50. The summed E-state index contributed by atoms with van der Waals surface area (Å²) in [5.41, 5.74) is 0.996. The van der Waals surface area contributed by atoms with Gasteiger partial charge in [0.2, 0.25) is 5.91 Å². The molecule has 2 N–H and O–H groups in total. The van der Waals surface area contributed by atoms with Gasteiger partial charge in [0.25, 0.3) is 0 Å². The molecule has 1 amide bonds. The number of halogens is 1. The Balaban J connectivity index is 2.02. The molecule has 0 aliphatic rings. The highest BCUT2D eigenvalue weighted by Crippen LogP contribution is 2.12. The molecule has 1 aromatic carbocycles. The molecule has 116 valence electrons. The monoisotopic (exact) mass is 355 g/mol. The summed E-state index contributed by atoms with van der Waals surface area (Å²) in [5.74, 6) is -0.686. The zero-order valence-electron chi connectivity index (χ0n) is 12.1. The van der Waals surface area contributed by atoms with Crippen molar-refractivity contribution in [3.8, 4) is 0 Å². The summed E-state index contributed by atoms with van der Waals surface area (Å²) in [5, 5.41) is 11.4. The van der Waals surface area contributed by atoms with Gasteiger partial charge in [-0.05, 0) is 30.5 Å². The molecule has 0 aliphatic carbocycles. The summed E-state index contributed by atoms with van der Waals surface area (Å²) >= 11 is 3.39. The lowest BCUT2D eigenvalue weighted by Crippen LogP contribution is -2.26. The average Bonchev–Trinajstić information content (AvgIpc) is 2.41. The number of carbonyl (C=O) groups excluding carboxylic acids is 1. The second kappa shape index (κ2) is 10.4. The molecule has 0 fully saturated rings. The van der Waals surface area contributed by atoms with Gasteiger partial charge < -0.3 is 10.4 Å². The fourth-order valence-electron chi connectivity index (χ4n) is 2.05. The number of carboxylic acids is 1. The molecule has 0 heterocycles. The number of rotatable bonds is 10.